The zero-order valence-corrected chi connectivity index (χ0v) is 18.0. The zero-order valence-electron chi connectivity index (χ0n) is 18.0. The van der Waals surface area contributed by atoms with Gasteiger partial charge in [0.25, 0.3) is 5.69 Å². The van der Waals surface area contributed by atoms with Crippen molar-refractivity contribution in [2.75, 3.05) is 0 Å². The van der Waals surface area contributed by atoms with Crippen molar-refractivity contribution < 1.29 is 14.5 Å². The summed E-state index contributed by atoms with van der Waals surface area (Å²) < 4.78 is 0. The number of aromatic nitrogens is 3. The molecule has 0 aliphatic heterocycles. The maximum absolute atomic E-state index is 12.6. The Morgan fingerprint density at radius 1 is 1.09 bits per heavy atom. The van der Waals surface area contributed by atoms with E-state index in [4.69, 9.17) is 5.73 Å². The molecule has 4 aromatic rings. The highest BCUT2D eigenvalue weighted by Gasteiger charge is 2.29. The molecule has 0 bridgehead atoms. The molecule has 2 heterocycles. The Bertz CT molecular complexity index is 1570. The van der Waals surface area contributed by atoms with Gasteiger partial charge < -0.3 is 25.6 Å². The molecule has 0 saturated carbocycles. The van der Waals surface area contributed by atoms with Crippen molar-refractivity contribution in [2.45, 2.75) is 25.9 Å². The van der Waals surface area contributed by atoms with Crippen molar-refractivity contribution in [1.29, 1.82) is 0 Å². The molecule has 2 aromatic heterocycles. The largest absolute Gasteiger partial charge is 0.368 e. The molecule has 0 unspecified atom stereocenters. The highest BCUT2D eigenvalue weighted by molar-refractivity contribution is 5.89. The lowest BCUT2D eigenvalue weighted by molar-refractivity contribution is -0.384. The molecule has 0 fully saturated rings. The molecule has 5 N–H and O–H groups in total. The number of benzene rings is 2. The number of nitrogens with zero attached hydrogens (tertiary/aromatic N) is 2. The van der Waals surface area contributed by atoms with Gasteiger partial charge in [-0.05, 0) is 11.6 Å². The normalized spacial score (nSPS) is 12.0. The lowest BCUT2D eigenvalue weighted by atomic mass is 10.0. The third kappa shape index (κ3) is 4.16. The minimum absolute atomic E-state index is 0.0181. The number of nitro groups is 1. The Morgan fingerprint density at radius 3 is 2.47 bits per heavy atom. The van der Waals surface area contributed by atoms with Crippen LogP contribution < -0.4 is 16.9 Å². The first-order valence-electron chi connectivity index (χ1n) is 10.2. The number of non-ortho nitro benzene ring substituents is 1. The van der Waals surface area contributed by atoms with Crippen molar-refractivity contribution in [2.24, 2.45) is 5.73 Å². The van der Waals surface area contributed by atoms with Gasteiger partial charge in [0.1, 0.15) is 6.04 Å². The number of carbonyl (C=O) groups is 2. The quantitative estimate of drug-likeness (QED) is 0.180. The molecule has 0 aliphatic rings. The van der Waals surface area contributed by atoms with Gasteiger partial charge in [-0.1, -0.05) is 18.2 Å². The Kier molecular flexibility index (Phi) is 5.72. The standard InChI is InChI=1S/C22H20N6O6/c1-11(29)27(18(20(23)30)7-12-9-24-16-5-3-2-4-15(12)16)10-13-6-14(28(33)34)8-17-19(13)26-22(32)21(31)25-17/h2-6,8-9,18,24H,7,10H2,1H3,(H2,23,30)(H,25,31)(H,26,32)/t18-/m0/s1. The van der Waals surface area contributed by atoms with Gasteiger partial charge in [0.15, 0.2) is 0 Å². The number of fused-ring (bicyclic) bond motifs is 2. The number of primary amides is 1. The molecule has 12 heteroatoms. The van der Waals surface area contributed by atoms with Crippen LogP contribution in [0.1, 0.15) is 18.1 Å². The van der Waals surface area contributed by atoms with E-state index in [9.17, 15) is 29.3 Å². The summed E-state index contributed by atoms with van der Waals surface area (Å²) in [5, 5.41) is 12.3. The fourth-order valence-corrected chi connectivity index (χ4v) is 4.01. The van der Waals surface area contributed by atoms with E-state index in [1.807, 2.05) is 24.3 Å². The summed E-state index contributed by atoms with van der Waals surface area (Å²) in [6.07, 6.45) is 1.82. The first-order chi connectivity index (χ1) is 16.2. The van der Waals surface area contributed by atoms with Crippen molar-refractivity contribution in [3.8, 4) is 0 Å². The number of rotatable bonds is 7. The molecule has 2 aromatic carbocycles. The minimum atomic E-state index is -1.08. The van der Waals surface area contributed by atoms with Crippen LogP contribution in [0.3, 0.4) is 0 Å². The van der Waals surface area contributed by atoms with E-state index >= 15 is 0 Å². The summed E-state index contributed by atoms with van der Waals surface area (Å²) in [7, 11) is 0. The summed E-state index contributed by atoms with van der Waals surface area (Å²) in [5.41, 5.74) is 5.27. The average molecular weight is 464 g/mol. The van der Waals surface area contributed by atoms with Gasteiger partial charge in [-0.3, -0.25) is 29.3 Å². The number of carbonyl (C=O) groups excluding carboxylic acids is 2. The van der Waals surface area contributed by atoms with Gasteiger partial charge in [0.2, 0.25) is 11.8 Å². The predicted molar refractivity (Wildman–Crippen MR) is 123 cm³/mol. The number of amides is 2. The number of H-pyrrole nitrogens is 3. The van der Waals surface area contributed by atoms with E-state index in [1.54, 1.807) is 6.20 Å². The summed E-state index contributed by atoms with van der Waals surface area (Å²) >= 11 is 0. The van der Waals surface area contributed by atoms with Crippen molar-refractivity contribution >= 4 is 39.4 Å². The highest BCUT2D eigenvalue weighted by atomic mass is 16.6. The third-order valence-electron chi connectivity index (χ3n) is 5.65. The molecule has 174 valence electrons. The Morgan fingerprint density at radius 2 is 1.79 bits per heavy atom. The molecule has 4 rings (SSSR count). The number of nitrogens with two attached hydrogens (primary N) is 1. The molecule has 2 amide bonds. The molecular formula is C22H20N6O6. The molecular weight excluding hydrogens is 444 g/mol. The van der Waals surface area contributed by atoms with Gasteiger partial charge in [-0.15, -0.1) is 0 Å². The number of aromatic amines is 3. The van der Waals surface area contributed by atoms with Crippen LogP contribution in [-0.2, 0) is 22.6 Å². The summed E-state index contributed by atoms with van der Waals surface area (Å²) in [5.74, 6) is -1.27. The van der Waals surface area contributed by atoms with Gasteiger partial charge in [0.05, 0.1) is 16.0 Å². The molecule has 34 heavy (non-hydrogen) atoms. The maximum atomic E-state index is 12.6. The van der Waals surface area contributed by atoms with Gasteiger partial charge in [-0.25, -0.2) is 0 Å². The topological polar surface area (TPSA) is 188 Å². The van der Waals surface area contributed by atoms with E-state index in [2.05, 4.69) is 15.0 Å². The summed E-state index contributed by atoms with van der Waals surface area (Å²) in [4.78, 5) is 68.4. The van der Waals surface area contributed by atoms with E-state index in [0.717, 1.165) is 22.5 Å². The van der Waals surface area contributed by atoms with Crippen molar-refractivity contribution in [1.82, 2.24) is 19.9 Å². The summed E-state index contributed by atoms with van der Waals surface area (Å²) in [6, 6.07) is 8.63. The Hall–Kier alpha value is -4.74. The fourth-order valence-electron chi connectivity index (χ4n) is 4.01. The molecule has 1 atom stereocenters. The van der Waals surface area contributed by atoms with Crippen molar-refractivity contribution in [3.63, 3.8) is 0 Å². The van der Waals surface area contributed by atoms with E-state index < -0.39 is 33.9 Å². The number of hydrogen-bond donors (Lipinski definition) is 4. The second-order valence-corrected chi connectivity index (χ2v) is 7.82. The molecule has 12 nitrogen and oxygen atoms in total. The van der Waals surface area contributed by atoms with Gasteiger partial charge >= 0.3 is 11.1 Å². The zero-order chi connectivity index (χ0) is 24.6. The van der Waals surface area contributed by atoms with E-state index in [1.165, 1.54) is 17.9 Å². The van der Waals surface area contributed by atoms with E-state index in [-0.39, 0.29) is 35.2 Å². The SMILES string of the molecule is CC(=O)N(Cc1cc([N+](=O)[O-])cc2[nH]c(=O)c(=O)[nH]c12)[C@@H](Cc1c[nH]c2ccccc12)C(N)=O. The molecule has 0 saturated heterocycles. The summed E-state index contributed by atoms with van der Waals surface area (Å²) in [6.45, 7) is 0.973. The van der Waals surface area contributed by atoms with Crippen LogP contribution in [0.4, 0.5) is 5.69 Å². The monoisotopic (exact) mass is 464 g/mol. The lowest BCUT2D eigenvalue weighted by Crippen LogP contribution is -2.48. The minimum Gasteiger partial charge on any atom is -0.368 e. The molecule has 0 spiro atoms. The second kappa shape index (κ2) is 8.65. The number of nitro benzene ring substituents is 1. The third-order valence-corrected chi connectivity index (χ3v) is 5.65. The number of para-hydroxylation sites is 1. The fraction of sp³-hybridized carbons (Fsp3) is 0.182. The maximum Gasteiger partial charge on any atom is 0.314 e. The van der Waals surface area contributed by atoms with Gasteiger partial charge in [-0.2, -0.15) is 0 Å². The molecule has 0 aliphatic carbocycles. The van der Waals surface area contributed by atoms with Crippen LogP contribution in [0.2, 0.25) is 0 Å². The molecule has 0 radical (unpaired) electrons. The van der Waals surface area contributed by atoms with Crippen LogP contribution in [0.25, 0.3) is 21.9 Å². The van der Waals surface area contributed by atoms with E-state index in [0.29, 0.717) is 0 Å². The van der Waals surface area contributed by atoms with Crippen LogP contribution in [0, 0.1) is 10.1 Å². The second-order valence-electron chi connectivity index (χ2n) is 7.82. The van der Waals surface area contributed by atoms with Crippen molar-refractivity contribution in [3.05, 3.63) is 84.5 Å². The predicted octanol–water partition coefficient (Wildman–Crippen LogP) is 1.05. The highest BCUT2D eigenvalue weighted by Crippen LogP contribution is 2.25. The van der Waals surface area contributed by atoms with Gasteiger partial charge in [0, 0.05) is 54.7 Å². The number of nitrogens with one attached hydrogen (secondary N) is 3. The first-order valence-corrected chi connectivity index (χ1v) is 10.2. The Balaban J connectivity index is 1.80. The smallest absolute Gasteiger partial charge is 0.314 e. The van der Waals surface area contributed by atoms with Crippen LogP contribution in [0.15, 0.2) is 52.2 Å². The Labute approximate surface area is 190 Å². The lowest BCUT2D eigenvalue weighted by Gasteiger charge is -2.29. The number of hydrogen-bond acceptors (Lipinski definition) is 6. The average Bonchev–Trinajstić information content (AvgIpc) is 3.19. The van der Waals surface area contributed by atoms with Crippen LogP contribution in [0.5, 0.6) is 0 Å². The van der Waals surface area contributed by atoms with Crippen LogP contribution >= 0.6 is 0 Å². The van der Waals surface area contributed by atoms with Crippen LogP contribution in [-0.4, -0.2) is 42.6 Å². The first kappa shape index (κ1) is 22.5.